The molecule has 3 aromatic rings. The van der Waals surface area contributed by atoms with Gasteiger partial charge in [0.15, 0.2) is 0 Å². The third kappa shape index (κ3) is 5.40. The Morgan fingerprint density at radius 1 is 0.897 bits per heavy atom. The lowest BCUT2D eigenvalue weighted by atomic mass is 10.1. The lowest BCUT2D eigenvalue weighted by molar-refractivity contribution is 0.0940. The van der Waals surface area contributed by atoms with Crippen LogP contribution in [0, 0.1) is 0 Å². The molecule has 0 aliphatic carbocycles. The van der Waals surface area contributed by atoms with Crippen molar-refractivity contribution in [1.29, 1.82) is 0 Å². The third-order valence-electron chi connectivity index (χ3n) is 4.42. The summed E-state index contributed by atoms with van der Waals surface area (Å²) in [7, 11) is -3.69. The molecule has 0 spiro atoms. The maximum Gasteiger partial charge on any atom is 0.261 e. The normalized spacial score (nSPS) is 12.2. The van der Waals surface area contributed by atoms with Crippen LogP contribution in [-0.2, 0) is 10.0 Å². The topological polar surface area (TPSA) is 75.3 Å². The van der Waals surface area contributed by atoms with Gasteiger partial charge in [-0.2, -0.15) is 0 Å². The third-order valence-corrected chi connectivity index (χ3v) is 6.56. The summed E-state index contributed by atoms with van der Waals surface area (Å²) >= 11 is 1.55. The molecule has 5 nitrogen and oxygen atoms in total. The molecule has 0 saturated carbocycles. The summed E-state index contributed by atoms with van der Waals surface area (Å²) in [5, 5.41) is 2.94. The molecular weight excluding hydrogens is 404 g/mol. The summed E-state index contributed by atoms with van der Waals surface area (Å²) in [5.74, 6) is -0.219. The van der Waals surface area contributed by atoms with Crippen LogP contribution in [0.3, 0.4) is 0 Å². The van der Waals surface area contributed by atoms with Gasteiger partial charge in [0, 0.05) is 16.1 Å². The van der Waals surface area contributed by atoms with Gasteiger partial charge >= 0.3 is 0 Å². The van der Waals surface area contributed by atoms with E-state index in [0.717, 1.165) is 10.5 Å². The average Bonchev–Trinajstić information content (AvgIpc) is 2.74. The van der Waals surface area contributed by atoms with Crippen molar-refractivity contribution in [3.05, 3.63) is 90.0 Å². The Hall–Kier alpha value is -2.77. The van der Waals surface area contributed by atoms with Gasteiger partial charge in [0.25, 0.3) is 15.9 Å². The van der Waals surface area contributed by atoms with E-state index in [2.05, 4.69) is 10.0 Å². The molecule has 2 N–H and O–H groups in total. The summed E-state index contributed by atoms with van der Waals surface area (Å²) in [6.45, 7) is 1.91. The van der Waals surface area contributed by atoms with Crippen LogP contribution >= 0.6 is 11.8 Å². The van der Waals surface area contributed by atoms with Crippen molar-refractivity contribution in [2.75, 3.05) is 11.0 Å². The van der Waals surface area contributed by atoms with Crippen molar-refractivity contribution >= 4 is 33.4 Å². The number of carbonyl (C=O) groups is 1. The van der Waals surface area contributed by atoms with Gasteiger partial charge in [-0.25, -0.2) is 8.42 Å². The first-order chi connectivity index (χ1) is 13.9. The monoisotopic (exact) mass is 426 g/mol. The fourth-order valence-corrected chi connectivity index (χ4v) is 4.23. The minimum absolute atomic E-state index is 0.133. The summed E-state index contributed by atoms with van der Waals surface area (Å²) in [6, 6.07) is 22.6. The molecule has 0 radical (unpaired) electrons. The van der Waals surface area contributed by atoms with Crippen LogP contribution in [0.1, 0.15) is 28.9 Å². The predicted molar refractivity (Wildman–Crippen MR) is 118 cm³/mol. The van der Waals surface area contributed by atoms with E-state index in [-0.39, 0.29) is 16.8 Å². The summed E-state index contributed by atoms with van der Waals surface area (Å²) in [4.78, 5) is 13.6. The van der Waals surface area contributed by atoms with Gasteiger partial charge in [-0.1, -0.05) is 30.3 Å². The van der Waals surface area contributed by atoms with E-state index in [1.165, 1.54) is 0 Å². The fourth-order valence-electron chi connectivity index (χ4n) is 2.76. The van der Waals surface area contributed by atoms with Crippen molar-refractivity contribution in [3.63, 3.8) is 0 Å². The van der Waals surface area contributed by atoms with E-state index in [1.54, 1.807) is 60.3 Å². The number of hydrogen-bond acceptors (Lipinski definition) is 4. The largest absolute Gasteiger partial charge is 0.346 e. The zero-order valence-corrected chi connectivity index (χ0v) is 17.8. The Labute approximate surface area is 175 Å². The summed E-state index contributed by atoms with van der Waals surface area (Å²) in [6.07, 6.45) is 1.93. The molecule has 29 heavy (non-hydrogen) atoms. The summed E-state index contributed by atoms with van der Waals surface area (Å²) < 4.78 is 27.6. The van der Waals surface area contributed by atoms with Gasteiger partial charge in [-0.3, -0.25) is 9.52 Å². The number of thioether (sulfide) groups is 1. The number of amides is 1. The fraction of sp³-hybridized carbons (Fsp3) is 0.136. The number of anilines is 1. The van der Waals surface area contributed by atoms with E-state index in [4.69, 9.17) is 0 Å². The lowest BCUT2D eigenvalue weighted by Crippen LogP contribution is -2.26. The van der Waals surface area contributed by atoms with Crippen molar-refractivity contribution in [2.45, 2.75) is 22.8 Å². The SMILES string of the molecule is CSc1ccc(S(=O)(=O)Nc2ccc(C(=O)N[C@@H](C)c3ccccc3)cc2)cc1. The summed E-state index contributed by atoms with van der Waals surface area (Å²) in [5.41, 5.74) is 1.87. The van der Waals surface area contributed by atoms with Crippen molar-refractivity contribution < 1.29 is 13.2 Å². The Balaban J connectivity index is 1.67. The Kier molecular flexibility index (Phi) is 6.61. The number of hydrogen-bond donors (Lipinski definition) is 2. The Bertz CT molecular complexity index is 1070. The highest BCUT2D eigenvalue weighted by atomic mass is 32.2. The van der Waals surface area contributed by atoms with Gasteiger partial charge < -0.3 is 5.32 Å². The molecule has 0 bridgehead atoms. The first kappa shape index (κ1) is 21.0. The van der Waals surface area contributed by atoms with Crippen molar-refractivity contribution in [1.82, 2.24) is 5.32 Å². The quantitative estimate of drug-likeness (QED) is 0.537. The molecule has 0 unspecified atom stereocenters. The van der Waals surface area contributed by atoms with Gasteiger partial charge in [0.05, 0.1) is 10.9 Å². The van der Waals surface area contributed by atoms with Gasteiger partial charge in [0.2, 0.25) is 0 Å². The van der Waals surface area contributed by atoms with Crippen LogP contribution in [0.2, 0.25) is 0 Å². The molecule has 3 aromatic carbocycles. The molecule has 0 saturated heterocycles. The molecule has 0 aliphatic heterocycles. The van der Waals surface area contributed by atoms with Crippen molar-refractivity contribution in [2.24, 2.45) is 0 Å². The molecule has 0 heterocycles. The highest BCUT2D eigenvalue weighted by molar-refractivity contribution is 7.98. The first-order valence-corrected chi connectivity index (χ1v) is 11.7. The molecule has 0 aromatic heterocycles. The van der Waals surface area contributed by atoms with Crippen LogP contribution in [0.5, 0.6) is 0 Å². The highest BCUT2D eigenvalue weighted by Gasteiger charge is 2.15. The van der Waals surface area contributed by atoms with Gasteiger partial charge in [0.1, 0.15) is 0 Å². The molecule has 150 valence electrons. The molecule has 0 aliphatic rings. The Morgan fingerprint density at radius 2 is 1.52 bits per heavy atom. The van der Waals surface area contributed by atoms with Crippen molar-refractivity contribution in [3.8, 4) is 0 Å². The molecule has 1 amide bonds. The average molecular weight is 427 g/mol. The number of carbonyl (C=O) groups excluding carboxylic acids is 1. The van der Waals surface area contributed by atoms with E-state index in [9.17, 15) is 13.2 Å². The van der Waals surface area contributed by atoms with E-state index in [0.29, 0.717) is 11.3 Å². The van der Waals surface area contributed by atoms with Crippen LogP contribution in [0.4, 0.5) is 5.69 Å². The zero-order valence-electron chi connectivity index (χ0n) is 16.1. The van der Waals surface area contributed by atoms with Crippen LogP contribution in [-0.4, -0.2) is 20.6 Å². The van der Waals surface area contributed by atoms with E-state index < -0.39 is 10.0 Å². The molecular formula is C22H22N2O3S2. The second kappa shape index (κ2) is 9.15. The second-order valence-electron chi connectivity index (χ2n) is 6.46. The molecule has 3 rings (SSSR count). The van der Waals surface area contributed by atoms with E-state index >= 15 is 0 Å². The first-order valence-electron chi connectivity index (χ1n) is 9.02. The van der Waals surface area contributed by atoms with E-state index in [1.807, 2.05) is 43.5 Å². The lowest BCUT2D eigenvalue weighted by Gasteiger charge is -2.14. The second-order valence-corrected chi connectivity index (χ2v) is 9.03. The number of nitrogens with one attached hydrogen (secondary N) is 2. The predicted octanol–water partition coefficient (Wildman–Crippen LogP) is 4.70. The zero-order chi connectivity index (χ0) is 20.9. The number of sulfonamides is 1. The molecule has 1 atom stereocenters. The van der Waals surface area contributed by atoms with Crippen LogP contribution in [0.15, 0.2) is 88.7 Å². The van der Waals surface area contributed by atoms with Gasteiger partial charge in [-0.15, -0.1) is 11.8 Å². The minimum atomic E-state index is -3.69. The van der Waals surface area contributed by atoms with Gasteiger partial charge in [-0.05, 0) is 67.3 Å². The highest BCUT2D eigenvalue weighted by Crippen LogP contribution is 2.21. The van der Waals surface area contributed by atoms with Crippen LogP contribution in [0.25, 0.3) is 0 Å². The smallest absolute Gasteiger partial charge is 0.261 e. The minimum Gasteiger partial charge on any atom is -0.346 e. The molecule has 7 heteroatoms. The number of benzene rings is 3. The number of rotatable bonds is 7. The molecule has 0 fully saturated rings. The maximum absolute atomic E-state index is 12.5. The van der Waals surface area contributed by atoms with Crippen LogP contribution < -0.4 is 10.0 Å². The standard InChI is InChI=1S/C22H22N2O3S2/c1-16(17-6-4-3-5-7-17)23-22(25)18-8-10-19(11-9-18)24-29(26,27)21-14-12-20(28-2)13-15-21/h3-16,24H,1-2H3,(H,23,25)/t16-/m0/s1. The maximum atomic E-state index is 12.5. The Morgan fingerprint density at radius 3 is 2.10 bits per heavy atom.